The lowest BCUT2D eigenvalue weighted by atomic mass is 10.1. The highest BCUT2D eigenvalue weighted by atomic mass is 32.2. The number of amides is 1. The summed E-state index contributed by atoms with van der Waals surface area (Å²) < 4.78 is 2.11. The summed E-state index contributed by atoms with van der Waals surface area (Å²) in [5.74, 6) is 1.06. The Kier molecular flexibility index (Phi) is 6.10. The van der Waals surface area contributed by atoms with Gasteiger partial charge in [-0.15, -0.1) is 32.9 Å². The molecule has 0 unspecified atom stereocenters. The smallest absolute Gasteiger partial charge is 0.236 e. The molecule has 6 nitrogen and oxygen atoms in total. The molecule has 26 heavy (non-hydrogen) atoms. The number of thioether (sulfide) groups is 1. The van der Waals surface area contributed by atoms with E-state index in [1.54, 1.807) is 17.5 Å². The van der Waals surface area contributed by atoms with E-state index >= 15 is 0 Å². The molecule has 0 bridgehead atoms. The fourth-order valence-corrected chi connectivity index (χ4v) is 5.05. The number of carbonyl (C=O) groups excluding carboxylic acids is 1. The van der Waals surface area contributed by atoms with Crippen LogP contribution in [0.5, 0.6) is 0 Å². The number of aryl methyl sites for hydroxylation is 1. The molecule has 0 saturated heterocycles. The van der Waals surface area contributed by atoms with Crippen molar-refractivity contribution in [2.45, 2.75) is 45.3 Å². The molecule has 0 aromatic carbocycles. The number of nitrogens with one attached hydrogen (secondary N) is 1. The third-order valence-corrected chi connectivity index (χ3v) is 6.48. The Morgan fingerprint density at radius 2 is 2.15 bits per heavy atom. The average molecular weight is 408 g/mol. The van der Waals surface area contributed by atoms with Gasteiger partial charge >= 0.3 is 0 Å². The summed E-state index contributed by atoms with van der Waals surface area (Å²) in [6.45, 7) is 8.52. The van der Waals surface area contributed by atoms with E-state index in [2.05, 4.69) is 58.1 Å². The first-order chi connectivity index (χ1) is 12.5. The zero-order chi connectivity index (χ0) is 18.7. The number of thiophene rings is 1. The number of hydrogen-bond donors (Lipinski definition) is 1. The van der Waals surface area contributed by atoms with Gasteiger partial charge in [0.05, 0.1) is 5.75 Å². The topological polar surface area (TPSA) is 72.7 Å². The SMILES string of the molecule is CCc1c(-c2nnc(SCC(=O)Nc3nccs3)n2C(C)C)csc1C. The van der Waals surface area contributed by atoms with Crippen molar-refractivity contribution in [2.24, 2.45) is 0 Å². The van der Waals surface area contributed by atoms with Crippen molar-refractivity contribution in [3.63, 3.8) is 0 Å². The molecule has 1 N–H and O–H groups in total. The van der Waals surface area contributed by atoms with Crippen LogP contribution in [0.2, 0.25) is 0 Å². The van der Waals surface area contributed by atoms with Gasteiger partial charge < -0.3 is 5.32 Å². The summed E-state index contributed by atoms with van der Waals surface area (Å²) in [4.78, 5) is 17.5. The third kappa shape index (κ3) is 3.99. The van der Waals surface area contributed by atoms with Crippen LogP contribution in [-0.4, -0.2) is 31.4 Å². The van der Waals surface area contributed by atoms with E-state index in [4.69, 9.17) is 0 Å². The molecule has 0 aliphatic carbocycles. The van der Waals surface area contributed by atoms with Crippen LogP contribution >= 0.6 is 34.4 Å². The Morgan fingerprint density at radius 1 is 1.35 bits per heavy atom. The first-order valence-corrected chi connectivity index (χ1v) is 11.1. The maximum Gasteiger partial charge on any atom is 0.236 e. The third-order valence-electron chi connectivity index (χ3n) is 3.89. The van der Waals surface area contributed by atoms with Crippen LogP contribution in [0.25, 0.3) is 11.4 Å². The second kappa shape index (κ2) is 8.32. The second-order valence-electron chi connectivity index (χ2n) is 5.98. The Bertz CT molecular complexity index is 882. The summed E-state index contributed by atoms with van der Waals surface area (Å²) in [6, 6.07) is 0.203. The van der Waals surface area contributed by atoms with E-state index < -0.39 is 0 Å². The monoisotopic (exact) mass is 407 g/mol. The Labute approximate surface area is 165 Å². The standard InChI is InChI=1S/C17H21N5OS3/c1-5-12-11(4)25-8-13(12)15-20-21-17(22(15)10(2)3)26-9-14(23)19-16-18-6-7-24-16/h6-8,10H,5,9H2,1-4H3,(H,18,19,23). The number of anilines is 1. The first kappa shape index (κ1) is 19.1. The summed E-state index contributed by atoms with van der Waals surface area (Å²) in [5, 5.41) is 16.9. The lowest BCUT2D eigenvalue weighted by Gasteiger charge is -2.14. The molecule has 3 aromatic rings. The summed E-state index contributed by atoms with van der Waals surface area (Å²) >= 11 is 4.55. The number of aromatic nitrogens is 4. The number of carbonyl (C=O) groups is 1. The first-order valence-electron chi connectivity index (χ1n) is 8.35. The van der Waals surface area contributed by atoms with E-state index in [1.807, 2.05) is 5.38 Å². The van der Waals surface area contributed by atoms with Crippen LogP contribution in [0, 0.1) is 6.92 Å². The molecule has 0 aliphatic heterocycles. The minimum atomic E-state index is -0.0922. The lowest BCUT2D eigenvalue weighted by molar-refractivity contribution is -0.113. The van der Waals surface area contributed by atoms with E-state index in [0.717, 1.165) is 23.0 Å². The predicted molar refractivity (Wildman–Crippen MR) is 109 cm³/mol. The molecule has 1 amide bonds. The fourth-order valence-electron chi connectivity index (χ4n) is 2.70. The summed E-state index contributed by atoms with van der Waals surface area (Å²) in [5.41, 5.74) is 2.47. The highest BCUT2D eigenvalue weighted by molar-refractivity contribution is 7.99. The van der Waals surface area contributed by atoms with Crippen LogP contribution in [0.3, 0.4) is 0 Å². The van der Waals surface area contributed by atoms with Gasteiger partial charge in [-0.05, 0) is 32.8 Å². The predicted octanol–water partition coefficient (Wildman–Crippen LogP) is 4.65. The Balaban J connectivity index is 1.80. The molecular weight excluding hydrogens is 386 g/mol. The number of hydrogen-bond acceptors (Lipinski definition) is 7. The van der Waals surface area contributed by atoms with E-state index in [9.17, 15) is 4.79 Å². The second-order valence-corrected chi connectivity index (χ2v) is 8.90. The quantitative estimate of drug-likeness (QED) is 0.577. The molecule has 3 aromatic heterocycles. The van der Waals surface area contributed by atoms with E-state index in [-0.39, 0.29) is 17.7 Å². The molecule has 0 aliphatic rings. The fraction of sp³-hybridized carbons (Fsp3) is 0.412. The summed E-state index contributed by atoms with van der Waals surface area (Å²) in [6.07, 6.45) is 2.64. The van der Waals surface area contributed by atoms with Gasteiger partial charge in [0, 0.05) is 33.4 Å². The normalized spacial score (nSPS) is 11.3. The van der Waals surface area contributed by atoms with Crippen molar-refractivity contribution in [3.8, 4) is 11.4 Å². The molecule has 138 valence electrons. The molecule has 0 radical (unpaired) electrons. The Morgan fingerprint density at radius 3 is 2.81 bits per heavy atom. The van der Waals surface area contributed by atoms with Crippen LogP contribution in [0.15, 0.2) is 22.1 Å². The van der Waals surface area contributed by atoms with Crippen molar-refractivity contribution < 1.29 is 4.79 Å². The minimum absolute atomic E-state index is 0.0922. The summed E-state index contributed by atoms with van der Waals surface area (Å²) in [7, 11) is 0. The number of thiazole rings is 1. The van der Waals surface area contributed by atoms with Gasteiger partial charge in [-0.25, -0.2) is 4.98 Å². The van der Waals surface area contributed by atoms with E-state index in [0.29, 0.717) is 5.13 Å². The maximum atomic E-state index is 12.1. The minimum Gasteiger partial charge on any atom is -0.301 e. The number of nitrogens with zero attached hydrogens (tertiary/aromatic N) is 4. The van der Waals surface area contributed by atoms with Gasteiger partial charge in [-0.2, -0.15) is 0 Å². The van der Waals surface area contributed by atoms with Crippen LogP contribution < -0.4 is 5.32 Å². The molecule has 3 rings (SSSR count). The van der Waals surface area contributed by atoms with Crippen molar-refractivity contribution in [1.29, 1.82) is 0 Å². The highest BCUT2D eigenvalue weighted by Gasteiger charge is 2.21. The number of rotatable bonds is 7. The van der Waals surface area contributed by atoms with Crippen molar-refractivity contribution >= 4 is 45.5 Å². The van der Waals surface area contributed by atoms with Gasteiger partial charge in [0.2, 0.25) is 5.91 Å². The van der Waals surface area contributed by atoms with Gasteiger partial charge in [0.25, 0.3) is 0 Å². The average Bonchev–Trinajstić information content (AvgIpc) is 3.31. The molecule has 0 fully saturated rings. The zero-order valence-electron chi connectivity index (χ0n) is 15.1. The zero-order valence-corrected chi connectivity index (χ0v) is 17.6. The van der Waals surface area contributed by atoms with E-state index in [1.165, 1.54) is 33.5 Å². The van der Waals surface area contributed by atoms with Crippen molar-refractivity contribution in [2.75, 3.05) is 11.1 Å². The molecular formula is C17H21N5OS3. The van der Waals surface area contributed by atoms with Gasteiger partial charge in [-0.1, -0.05) is 18.7 Å². The maximum absolute atomic E-state index is 12.1. The van der Waals surface area contributed by atoms with Crippen LogP contribution in [0.4, 0.5) is 5.13 Å². The Hall–Kier alpha value is -1.71. The van der Waals surface area contributed by atoms with Gasteiger partial charge in [0.15, 0.2) is 16.1 Å². The van der Waals surface area contributed by atoms with Gasteiger partial charge in [-0.3, -0.25) is 9.36 Å². The largest absolute Gasteiger partial charge is 0.301 e. The molecule has 9 heteroatoms. The van der Waals surface area contributed by atoms with Crippen molar-refractivity contribution in [1.82, 2.24) is 19.7 Å². The molecule has 3 heterocycles. The molecule has 0 spiro atoms. The van der Waals surface area contributed by atoms with Crippen LogP contribution in [0.1, 0.15) is 37.3 Å². The van der Waals surface area contributed by atoms with Crippen molar-refractivity contribution in [3.05, 3.63) is 27.4 Å². The van der Waals surface area contributed by atoms with Crippen LogP contribution in [-0.2, 0) is 11.2 Å². The highest BCUT2D eigenvalue weighted by Crippen LogP contribution is 2.34. The van der Waals surface area contributed by atoms with Gasteiger partial charge in [0.1, 0.15) is 0 Å². The lowest BCUT2D eigenvalue weighted by Crippen LogP contribution is -2.14. The molecule has 0 saturated carbocycles. The molecule has 0 atom stereocenters.